The van der Waals surface area contributed by atoms with Crippen LogP contribution in [0.2, 0.25) is 0 Å². The van der Waals surface area contributed by atoms with E-state index in [9.17, 15) is 0 Å². The van der Waals surface area contributed by atoms with Gasteiger partial charge in [-0.15, -0.1) is 0 Å². The summed E-state index contributed by atoms with van der Waals surface area (Å²) in [7, 11) is 1.86. The van der Waals surface area contributed by atoms with E-state index in [2.05, 4.69) is 15.0 Å². The van der Waals surface area contributed by atoms with Crippen LogP contribution in [0.1, 0.15) is 12.7 Å². The Morgan fingerprint density at radius 1 is 1.27 bits per heavy atom. The maximum atomic E-state index is 8.95. The molecular weight excluding hydrogens is 196 g/mol. The van der Waals surface area contributed by atoms with Crippen molar-refractivity contribution >= 4 is 11.9 Å². The standard InChI is InChI=1S/C8H16N6O/c1-5(4-15)14(2)3-6-11-7(9)13-8(10)12-6/h5,15H,3-4H2,1-2H3,(H4,9,10,11,12,13). The number of anilines is 2. The van der Waals surface area contributed by atoms with E-state index in [1.54, 1.807) is 0 Å². The fourth-order valence-electron chi connectivity index (χ4n) is 1.05. The van der Waals surface area contributed by atoms with E-state index >= 15 is 0 Å². The second-order valence-corrected chi connectivity index (χ2v) is 3.41. The number of nitrogens with zero attached hydrogens (tertiary/aromatic N) is 4. The van der Waals surface area contributed by atoms with Gasteiger partial charge in [0.15, 0.2) is 0 Å². The Bertz CT molecular complexity index is 311. The van der Waals surface area contributed by atoms with Gasteiger partial charge in [-0.3, -0.25) is 4.90 Å². The number of likely N-dealkylation sites (N-methyl/N-ethyl adjacent to an activating group) is 1. The van der Waals surface area contributed by atoms with Crippen LogP contribution < -0.4 is 11.5 Å². The summed E-state index contributed by atoms with van der Waals surface area (Å²) in [5, 5.41) is 8.95. The van der Waals surface area contributed by atoms with Crippen LogP contribution in [-0.2, 0) is 6.54 Å². The lowest BCUT2D eigenvalue weighted by Gasteiger charge is -2.21. The highest BCUT2D eigenvalue weighted by molar-refractivity contribution is 5.25. The molecule has 0 aliphatic carbocycles. The number of nitrogen functional groups attached to an aromatic ring is 2. The minimum atomic E-state index is 0.0317. The molecule has 1 unspecified atom stereocenters. The lowest BCUT2D eigenvalue weighted by atomic mass is 10.3. The van der Waals surface area contributed by atoms with Crippen LogP contribution in [0.5, 0.6) is 0 Å². The number of nitrogens with two attached hydrogens (primary N) is 2. The third kappa shape index (κ3) is 3.30. The number of aliphatic hydroxyl groups excluding tert-OH is 1. The van der Waals surface area contributed by atoms with Crippen molar-refractivity contribution in [2.24, 2.45) is 0 Å². The molecular formula is C8H16N6O. The van der Waals surface area contributed by atoms with Crippen molar-refractivity contribution < 1.29 is 5.11 Å². The molecule has 0 aliphatic heterocycles. The molecule has 0 bridgehead atoms. The first kappa shape index (κ1) is 11.6. The molecule has 1 rings (SSSR count). The lowest BCUT2D eigenvalue weighted by Crippen LogP contribution is -2.32. The van der Waals surface area contributed by atoms with Gasteiger partial charge in [-0.25, -0.2) is 0 Å². The molecule has 1 heterocycles. The summed E-state index contributed by atoms with van der Waals surface area (Å²) in [6.45, 7) is 2.44. The third-order valence-electron chi connectivity index (χ3n) is 2.12. The minimum Gasteiger partial charge on any atom is -0.395 e. The predicted octanol–water partition coefficient (Wildman–Crippen LogP) is -1.15. The average Bonchev–Trinajstić information content (AvgIpc) is 2.14. The van der Waals surface area contributed by atoms with E-state index in [0.717, 1.165) is 0 Å². The molecule has 15 heavy (non-hydrogen) atoms. The Morgan fingerprint density at radius 2 is 1.80 bits per heavy atom. The van der Waals surface area contributed by atoms with Crippen molar-refractivity contribution in [3.63, 3.8) is 0 Å². The van der Waals surface area contributed by atoms with Crippen molar-refractivity contribution in [3.8, 4) is 0 Å². The fourth-order valence-corrected chi connectivity index (χ4v) is 1.05. The highest BCUT2D eigenvalue weighted by Crippen LogP contribution is 2.04. The summed E-state index contributed by atoms with van der Waals surface area (Å²) in [5.74, 6) is 0.730. The van der Waals surface area contributed by atoms with Crippen LogP contribution in [0.15, 0.2) is 0 Å². The van der Waals surface area contributed by atoms with Gasteiger partial charge in [0.1, 0.15) is 5.82 Å². The third-order valence-corrected chi connectivity index (χ3v) is 2.12. The van der Waals surface area contributed by atoms with Crippen molar-refractivity contribution in [2.75, 3.05) is 25.1 Å². The topological polar surface area (TPSA) is 114 Å². The van der Waals surface area contributed by atoms with Gasteiger partial charge in [0.25, 0.3) is 0 Å². The van der Waals surface area contributed by atoms with Crippen LogP contribution in [0.4, 0.5) is 11.9 Å². The number of hydrogen-bond donors (Lipinski definition) is 3. The zero-order valence-electron chi connectivity index (χ0n) is 8.88. The Hall–Kier alpha value is -1.47. The molecule has 5 N–H and O–H groups in total. The van der Waals surface area contributed by atoms with E-state index in [-0.39, 0.29) is 24.5 Å². The summed E-state index contributed by atoms with van der Waals surface area (Å²) < 4.78 is 0. The first-order chi connectivity index (χ1) is 7.02. The lowest BCUT2D eigenvalue weighted by molar-refractivity contribution is 0.151. The summed E-state index contributed by atoms with van der Waals surface area (Å²) >= 11 is 0. The molecule has 1 aromatic heterocycles. The maximum Gasteiger partial charge on any atom is 0.225 e. The second kappa shape index (κ2) is 4.85. The first-order valence-corrected chi connectivity index (χ1v) is 4.60. The Morgan fingerprint density at radius 3 is 2.27 bits per heavy atom. The summed E-state index contributed by atoms with van der Waals surface area (Å²) in [6.07, 6.45) is 0. The molecule has 0 aliphatic rings. The molecule has 1 aromatic rings. The Kier molecular flexibility index (Phi) is 3.75. The smallest absolute Gasteiger partial charge is 0.225 e. The van der Waals surface area contributed by atoms with Gasteiger partial charge in [0.05, 0.1) is 13.2 Å². The van der Waals surface area contributed by atoms with Gasteiger partial charge < -0.3 is 16.6 Å². The highest BCUT2D eigenvalue weighted by atomic mass is 16.3. The van der Waals surface area contributed by atoms with Gasteiger partial charge in [-0.1, -0.05) is 0 Å². The van der Waals surface area contributed by atoms with E-state index in [0.29, 0.717) is 12.4 Å². The van der Waals surface area contributed by atoms with Gasteiger partial charge in [-0.05, 0) is 14.0 Å². The van der Waals surface area contributed by atoms with Gasteiger partial charge in [0.2, 0.25) is 11.9 Å². The van der Waals surface area contributed by atoms with Gasteiger partial charge in [0, 0.05) is 6.04 Å². The molecule has 1 atom stereocenters. The summed E-state index contributed by atoms with van der Waals surface area (Å²) in [5.41, 5.74) is 10.9. The molecule has 7 nitrogen and oxygen atoms in total. The second-order valence-electron chi connectivity index (χ2n) is 3.41. The molecule has 0 radical (unpaired) electrons. The zero-order chi connectivity index (χ0) is 11.4. The van der Waals surface area contributed by atoms with Crippen LogP contribution in [0.25, 0.3) is 0 Å². The molecule has 0 saturated carbocycles. The molecule has 0 amide bonds. The largest absolute Gasteiger partial charge is 0.395 e. The highest BCUT2D eigenvalue weighted by Gasteiger charge is 2.10. The predicted molar refractivity (Wildman–Crippen MR) is 56.7 cm³/mol. The number of aromatic nitrogens is 3. The quantitative estimate of drug-likeness (QED) is 0.577. The number of aliphatic hydroxyl groups is 1. The monoisotopic (exact) mass is 212 g/mol. The normalized spacial score (nSPS) is 13.1. The van der Waals surface area contributed by atoms with Crippen LogP contribution >= 0.6 is 0 Å². The van der Waals surface area contributed by atoms with E-state index in [4.69, 9.17) is 16.6 Å². The van der Waals surface area contributed by atoms with Crippen molar-refractivity contribution in [1.29, 1.82) is 0 Å². The number of rotatable bonds is 4. The molecule has 0 spiro atoms. The fraction of sp³-hybridized carbons (Fsp3) is 0.625. The van der Waals surface area contributed by atoms with E-state index in [1.807, 2.05) is 18.9 Å². The molecule has 7 heteroatoms. The van der Waals surface area contributed by atoms with Crippen LogP contribution in [-0.4, -0.2) is 44.7 Å². The van der Waals surface area contributed by atoms with E-state index in [1.165, 1.54) is 0 Å². The van der Waals surface area contributed by atoms with Crippen LogP contribution in [0.3, 0.4) is 0 Å². The maximum absolute atomic E-state index is 8.95. The summed E-state index contributed by atoms with van der Waals surface area (Å²) in [6, 6.07) is 0.0317. The molecule has 0 saturated heterocycles. The minimum absolute atomic E-state index is 0.0317. The summed E-state index contributed by atoms with van der Waals surface area (Å²) in [4.78, 5) is 13.5. The Balaban J connectivity index is 2.72. The Labute approximate surface area is 88.1 Å². The van der Waals surface area contributed by atoms with Crippen molar-refractivity contribution in [3.05, 3.63) is 5.82 Å². The average molecular weight is 212 g/mol. The number of hydrogen-bond acceptors (Lipinski definition) is 7. The SMILES string of the molecule is CC(CO)N(C)Cc1nc(N)nc(N)n1. The van der Waals surface area contributed by atoms with Crippen molar-refractivity contribution in [1.82, 2.24) is 19.9 Å². The molecule has 84 valence electrons. The molecule has 0 fully saturated rings. The first-order valence-electron chi connectivity index (χ1n) is 4.60. The van der Waals surface area contributed by atoms with Gasteiger partial charge in [-0.2, -0.15) is 15.0 Å². The molecule has 0 aromatic carbocycles. The zero-order valence-corrected chi connectivity index (χ0v) is 8.88. The van der Waals surface area contributed by atoms with Crippen molar-refractivity contribution in [2.45, 2.75) is 19.5 Å². The van der Waals surface area contributed by atoms with Gasteiger partial charge >= 0.3 is 0 Å². The van der Waals surface area contributed by atoms with E-state index < -0.39 is 0 Å². The van der Waals surface area contributed by atoms with Crippen LogP contribution in [0, 0.1) is 0 Å².